The molecule has 0 aromatic rings. The molecule has 1 heterocycles. The summed E-state index contributed by atoms with van der Waals surface area (Å²) in [7, 11) is 0. The normalized spacial score (nSPS) is 25.6. The van der Waals surface area contributed by atoms with Gasteiger partial charge in [0.1, 0.15) is 0 Å². The molecule has 3 amide bonds. The van der Waals surface area contributed by atoms with Gasteiger partial charge in [-0.2, -0.15) is 0 Å². The van der Waals surface area contributed by atoms with Crippen molar-refractivity contribution >= 4 is 11.9 Å². The standard InChI is InChI=1S/C19H31N3O2/c23-18(15-16-7-3-1-4-8-16)21-11-13-22(14-12-21)19(24)20-17-9-5-2-6-10-17/h3,7,16-17H,1-2,4-6,8-15H2,(H,20,24). The molecule has 1 saturated heterocycles. The monoisotopic (exact) mass is 333 g/mol. The van der Waals surface area contributed by atoms with Crippen LogP contribution in [0.3, 0.4) is 0 Å². The van der Waals surface area contributed by atoms with Gasteiger partial charge >= 0.3 is 6.03 Å². The lowest BCUT2D eigenvalue weighted by molar-refractivity contribution is -0.133. The second-order valence-corrected chi connectivity index (χ2v) is 7.48. The van der Waals surface area contributed by atoms with Gasteiger partial charge in [-0.1, -0.05) is 31.4 Å². The summed E-state index contributed by atoms with van der Waals surface area (Å²) >= 11 is 0. The third-order valence-electron chi connectivity index (χ3n) is 5.64. The summed E-state index contributed by atoms with van der Waals surface area (Å²) in [6.45, 7) is 2.66. The Morgan fingerprint density at radius 2 is 1.62 bits per heavy atom. The molecule has 24 heavy (non-hydrogen) atoms. The van der Waals surface area contributed by atoms with Crippen molar-refractivity contribution in [3.8, 4) is 0 Å². The molecule has 1 atom stereocenters. The van der Waals surface area contributed by atoms with Crippen LogP contribution in [0.25, 0.3) is 0 Å². The van der Waals surface area contributed by atoms with Crippen LogP contribution in [-0.4, -0.2) is 54.0 Å². The largest absolute Gasteiger partial charge is 0.339 e. The highest BCUT2D eigenvalue weighted by Crippen LogP contribution is 2.21. The Morgan fingerprint density at radius 1 is 0.917 bits per heavy atom. The van der Waals surface area contributed by atoms with Gasteiger partial charge in [0.15, 0.2) is 0 Å². The minimum atomic E-state index is 0.0595. The van der Waals surface area contributed by atoms with Crippen LogP contribution in [0.1, 0.15) is 57.8 Å². The van der Waals surface area contributed by atoms with Gasteiger partial charge in [-0.25, -0.2) is 4.79 Å². The molecule has 1 unspecified atom stereocenters. The van der Waals surface area contributed by atoms with Crippen LogP contribution in [0.15, 0.2) is 12.2 Å². The molecular formula is C19H31N3O2. The van der Waals surface area contributed by atoms with Crippen LogP contribution in [0.4, 0.5) is 4.79 Å². The number of allylic oxidation sites excluding steroid dienone is 2. The van der Waals surface area contributed by atoms with Gasteiger partial charge in [0.05, 0.1) is 0 Å². The van der Waals surface area contributed by atoms with E-state index in [1.165, 1.54) is 25.7 Å². The van der Waals surface area contributed by atoms with Gasteiger partial charge in [0, 0.05) is 38.6 Å². The van der Waals surface area contributed by atoms with E-state index in [4.69, 9.17) is 0 Å². The van der Waals surface area contributed by atoms with Gasteiger partial charge in [-0.15, -0.1) is 0 Å². The maximum Gasteiger partial charge on any atom is 0.317 e. The van der Waals surface area contributed by atoms with E-state index < -0.39 is 0 Å². The van der Waals surface area contributed by atoms with E-state index in [0.717, 1.165) is 25.7 Å². The molecule has 1 aliphatic heterocycles. The van der Waals surface area contributed by atoms with Gasteiger partial charge in [0.25, 0.3) is 0 Å². The average molecular weight is 333 g/mol. The number of nitrogens with zero attached hydrogens (tertiary/aromatic N) is 2. The fourth-order valence-corrected chi connectivity index (χ4v) is 4.08. The second-order valence-electron chi connectivity index (χ2n) is 7.48. The molecule has 1 N–H and O–H groups in total. The zero-order chi connectivity index (χ0) is 16.8. The lowest BCUT2D eigenvalue weighted by Crippen LogP contribution is -2.54. The van der Waals surface area contributed by atoms with E-state index in [2.05, 4.69) is 17.5 Å². The summed E-state index contributed by atoms with van der Waals surface area (Å²) in [5.41, 5.74) is 0. The maximum absolute atomic E-state index is 12.4. The van der Waals surface area contributed by atoms with Crippen LogP contribution < -0.4 is 5.32 Å². The number of nitrogens with one attached hydrogen (secondary N) is 1. The van der Waals surface area contributed by atoms with Gasteiger partial charge in [-0.3, -0.25) is 4.79 Å². The molecule has 0 spiro atoms. The smallest absolute Gasteiger partial charge is 0.317 e. The van der Waals surface area contributed by atoms with E-state index in [1.807, 2.05) is 9.80 Å². The molecule has 0 aromatic heterocycles. The van der Waals surface area contributed by atoms with E-state index in [1.54, 1.807) is 0 Å². The Morgan fingerprint density at radius 3 is 2.29 bits per heavy atom. The summed E-state index contributed by atoms with van der Waals surface area (Å²) in [6, 6.07) is 0.410. The first kappa shape index (κ1) is 17.3. The topological polar surface area (TPSA) is 52.7 Å². The first-order valence-corrected chi connectivity index (χ1v) is 9.72. The Balaban J connectivity index is 1.39. The van der Waals surface area contributed by atoms with Crippen molar-refractivity contribution in [3.05, 3.63) is 12.2 Å². The minimum absolute atomic E-state index is 0.0595. The first-order chi connectivity index (χ1) is 11.7. The highest BCUT2D eigenvalue weighted by atomic mass is 16.2. The van der Waals surface area contributed by atoms with Gasteiger partial charge in [0.2, 0.25) is 5.91 Å². The molecule has 3 rings (SSSR count). The number of carbonyl (C=O) groups is 2. The number of hydrogen-bond donors (Lipinski definition) is 1. The Hall–Kier alpha value is -1.52. The maximum atomic E-state index is 12.4. The number of amides is 3. The molecule has 2 fully saturated rings. The minimum Gasteiger partial charge on any atom is -0.339 e. The summed E-state index contributed by atoms with van der Waals surface area (Å²) in [5, 5.41) is 3.17. The Bertz CT molecular complexity index is 463. The third-order valence-corrected chi connectivity index (χ3v) is 5.64. The number of piperazine rings is 1. The van der Waals surface area contributed by atoms with E-state index >= 15 is 0 Å². The van der Waals surface area contributed by atoms with Crippen LogP contribution in [0.5, 0.6) is 0 Å². The molecule has 3 aliphatic rings. The van der Waals surface area contributed by atoms with Crippen molar-refractivity contribution in [2.45, 2.75) is 63.8 Å². The fraction of sp³-hybridized carbons (Fsp3) is 0.789. The highest BCUT2D eigenvalue weighted by molar-refractivity contribution is 5.78. The van der Waals surface area contributed by atoms with E-state index in [-0.39, 0.29) is 11.9 Å². The average Bonchev–Trinajstić information content (AvgIpc) is 2.63. The first-order valence-electron chi connectivity index (χ1n) is 9.72. The molecule has 1 saturated carbocycles. The predicted molar refractivity (Wildman–Crippen MR) is 94.7 cm³/mol. The number of urea groups is 1. The number of carbonyl (C=O) groups excluding carboxylic acids is 2. The summed E-state index contributed by atoms with van der Waals surface area (Å²) in [4.78, 5) is 28.6. The second kappa shape index (κ2) is 8.54. The van der Waals surface area contributed by atoms with Crippen molar-refractivity contribution in [1.82, 2.24) is 15.1 Å². The predicted octanol–water partition coefficient (Wildman–Crippen LogP) is 2.92. The highest BCUT2D eigenvalue weighted by Gasteiger charge is 2.26. The molecular weight excluding hydrogens is 302 g/mol. The summed E-state index contributed by atoms with van der Waals surface area (Å²) < 4.78 is 0. The van der Waals surface area contributed by atoms with Crippen LogP contribution in [0, 0.1) is 5.92 Å². The van der Waals surface area contributed by atoms with Crippen LogP contribution in [-0.2, 0) is 4.79 Å². The van der Waals surface area contributed by atoms with Crippen molar-refractivity contribution in [1.29, 1.82) is 0 Å². The van der Waals surface area contributed by atoms with Crippen LogP contribution >= 0.6 is 0 Å². The van der Waals surface area contributed by atoms with E-state index in [0.29, 0.717) is 44.6 Å². The van der Waals surface area contributed by atoms with Gasteiger partial charge < -0.3 is 15.1 Å². The summed E-state index contributed by atoms with van der Waals surface area (Å²) in [5.74, 6) is 0.665. The van der Waals surface area contributed by atoms with Crippen molar-refractivity contribution in [3.63, 3.8) is 0 Å². The number of hydrogen-bond acceptors (Lipinski definition) is 2. The Labute approximate surface area is 145 Å². The molecule has 134 valence electrons. The van der Waals surface area contributed by atoms with E-state index in [9.17, 15) is 9.59 Å². The molecule has 5 heteroatoms. The van der Waals surface area contributed by atoms with Crippen molar-refractivity contribution in [2.24, 2.45) is 5.92 Å². The molecule has 5 nitrogen and oxygen atoms in total. The van der Waals surface area contributed by atoms with Crippen molar-refractivity contribution < 1.29 is 9.59 Å². The van der Waals surface area contributed by atoms with Crippen LogP contribution in [0.2, 0.25) is 0 Å². The molecule has 0 bridgehead atoms. The van der Waals surface area contributed by atoms with Crippen molar-refractivity contribution in [2.75, 3.05) is 26.2 Å². The quantitative estimate of drug-likeness (QED) is 0.808. The molecule has 0 aromatic carbocycles. The lowest BCUT2D eigenvalue weighted by Gasteiger charge is -2.36. The molecule has 2 aliphatic carbocycles. The molecule has 0 radical (unpaired) electrons. The zero-order valence-electron chi connectivity index (χ0n) is 14.7. The third kappa shape index (κ3) is 4.74. The number of rotatable bonds is 3. The fourth-order valence-electron chi connectivity index (χ4n) is 4.08. The SMILES string of the molecule is O=C(CC1C=CCCC1)N1CCN(C(=O)NC2CCCCC2)CC1. The van der Waals surface area contributed by atoms with Gasteiger partial charge in [-0.05, 0) is 38.0 Å². The Kier molecular flexibility index (Phi) is 6.16. The summed E-state index contributed by atoms with van der Waals surface area (Å²) in [6.07, 6.45) is 14.5. The lowest BCUT2D eigenvalue weighted by atomic mass is 9.92. The zero-order valence-corrected chi connectivity index (χ0v) is 14.7.